The molecule has 1 aliphatic heterocycles. The van der Waals surface area contributed by atoms with Crippen molar-refractivity contribution in [3.05, 3.63) is 64.7 Å². The fraction of sp³-hybridized carbons (Fsp3) is 0.567. The highest BCUT2D eigenvalue weighted by atomic mass is 35.5. The van der Waals surface area contributed by atoms with Crippen molar-refractivity contribution in [2.75, 3.05) is 24.5 Å². The molecule has 192 valence electrons. The Hall–Kier alpha value is -2.04. The van der Waals surface area contributed by atoms with Crippen molar-refractivity contribution in [3.8, 4) is 0 Å². The molecule has 1 aliphatic rings. The number of nitrogens with two attached hydrogens (primary N) is 1. The predicted molar refractivity (Wildman–Crippen MR) is 149 cm³/mol. The number of rotatable bonds is 11. The number of amides is 1. The molecule has 0 bridgehead atoms. The Labute approximate surface area is 217 Å². The summed E-state index contributed by atoms with van der Waals surface area (Å²) in [7, 11) is 0. The number of anilines is 1. The van der Waals surface area contributed by atoms with E-state index in [1.165, 1.54) is 16.8 Å². The van der Waals surface area contributed by atoms with E-state index in [1.54, 1.807) is 0 Å². The number of hydrogen-bond donors (Lipinski definition) is 1. The normalized spacial score (nSPS) is 17.1. The number of nitrogens with zero attached hydrogens (tertiary/aromatic N) is 2. The summed E-state index contributed by atoms with van der Waals surface area (Å²) in [5.74, 6) is 1.18. The van der Waals surface area contributed by atoms with Gasteiger partial charge in [0.05, 0.1) is 6.04 Å². The molecule has 0 spiro atoms. The smallest absolute Gasteiger partial charge is 0.239 e. The Bertz CT molecular complexity index is 910. The van der Waals surface area contributed by atoms with Gasteiger partial charge in [-0.2, -0.15) is 0 Å². The first-order valence-electron chi connectivity index (χ1n) is 13.4. The summed E-state index contributed by atoms with van der Waals surface area (Å²) in [6, 6.07) is 17.1. The Balaban J connectivity index is 1.68. The first-order chi connectivity index (χ1) is 16.7. The predicted octanol–water partition coefficient (Wildman–Crippen LogP) is 6.34. The molecule has 0 radical (unpaired) electrons. The van der Waals surface area contributed by atoms with Crippen LogP contribution in [0, 0.1) is 11.8 Å². The molecular formula is C30H44ClN3O. The van der Waals surface area contributed by atoms with Gasteiger partial charge < -0.3 is 15.5 Å². The van der Waals surface area contributed by atoms with Crippen LogP contribution in [0.5, 0.6) is 0 Å². The van der Waals surface area contributed by atoms with Gasteiger partial charge in [0.1, 0.15) is 0 Å². The Morgan fingerprint density at radius 3 is 2.17 bits per heavy atom. The van der Waals surface area contributed by atoms with E-state index in [1.807, 2.05) is 17.0 Å². The van der Waals surface area contributed by atoms with Crippen molar-refractivity contribution in [1.82, 2.24) is 4.90 Å². The molecule has 2 atom stereocenters. The molecule has 1 saturated heterocycles. The third-order valence-electron chi connectivity index (χ3n) is 7.02. The van der Waals surface area contributed by atoms with Crippen molar-refractivity contribution >= 4 is 23.2 Å². The minimum Gasteiger partial charge on any atom is -0.367 e. The molecule has 35 heavy (non-hydrogen) atoms. The summed E-state index contributed by atoms with van der Waals surface area (Å²) in [5, 5.41) is 0.782. The molecule has 0 aliphatic carbocycles. The summed E-state index contributed by atoms with van der Waals surface area (Å²) in [6.07, 6.45) is 6.03. The Morgan fingerprint density at radius 2 is 1.60 bits per heavy atom. The van der Waals surface area contributed by atoms with E-state index in [4.69, 9.17) is 17.3 Å². The van der Waals surface area contributed by atoms with Gasteiger partial charge in [-0.3, -0.25) is 4.79 Å². The average Bonchev–Trinajstić information content (AvgIpc) is 2.83. The van der Waals surface area contributed by atoms with Crippen molar-refractivity contribution < 1.29 is 4.79 Å². The van der Waals surface area contributed by atoms with Gasteiger partial charge in [0.15, 0.2) is 0 Å². The molecule has 1 amide bonds. The fourth-order valence-corrected chi connectivity index (χ4v) is 5.09. The van der Waals surface area contributed by atoms with Gasteiger partial charge in [-0.25, -0.2) is 0 Å². The lowest BCUT2D eigenvalue weighted by Gasteiger charge is -2.41. The number of carbonyl (C=O) groups excluding carboxylic acids is 1. The van der Waals surface area contributed by atoms with Crippen molar-refractivity contribution in [1.29, 1.82) is 0 Å². The van der Waals surface area contributed by atoms with Crippen LogP contribution in [-0.2, 0) is 17.6 Å². The summed E-state index contributed by atoms with van der Waals surface area (Å²) in [4.78, 5) is 17.6. The molecule has 0 aromatic heterocycles. The Morgan fingerprint density at radius 1 is 1.00 bits per heavy atom. The van der Waals surface area contributed by atoms with Crippen LogP contribution in [0.3, 0.4) is 0 Å². The molecule has 3 rings (SSSR count). The highest BCUT2D eigenvalue weighted by molar-refractivity contribution is 6.30. The largest absolute Gasteiger partial charge is 0.367 e. The topological polar surface area (TPSA) is 49.6 Å². The summed E-state index contributed by atoms with van der Waals surface area (Å²) in [6.45, 7) is 11.4. The standard InChI is InChI=1S/C30H44ClN3O/c1-22(2)17-19-34(28-6-5-18-33(21-28)30(35)29(32)20-23(3)4)27-15-11-25(12-16-27)8-7-24-9-13-26(31)14-10-24/h9-16,22-23,28-29H,5-8,17-21,32H2,1-4H3/t28-,29?/m0/s1. The minimum absolute atomic E-state index is 0.116. The van der Waals surface area contributed by atoms with Crippen molar-refractivity contribution in [2.45, 2.75) is 78.3 Å². The fourth-order valence-electron chi connectivity index (χ4n) is 4.97. The number of piperidine rings is 1. The number of hydrogen-bond acceptors (Lipinski definition) is 3. The van der Waals surface area contributed by atoms with Crippen LogP contribution in [0.15, 0.2) is 48.5 Å². The van der Waals surface area contributed by atoms with Gasteiger partial charge in [-0.05, 0) is 85.8 Å². The zero-order chi connectivity index (χ0) is 25.4. The second kappa shape index (κ2) is 13.3. The van der Waals surface area contributed by atoms with Crippen LogP contribution in [0.25, 0.3) is 0 Å². The third-order valence-corrected chi connectivity index (χ3v) is 7.27. The Kier molecular flexibility index (Phi) is 10.5. The zero-order valence-corrected chi connectivity index (χ0v) is 22.8. The van der Waals surface area contributed by atoms with Crippen LogP contribution in [0.4, 0.5) is 5.69 Å². The molecule has 5 heteroatoms. The highest BCUT2D eigenvalue weighted by Crippen LogP contribution is 2.26. The van der Waals surface area contributed by atoms with E-state index < -0.39 is 6.04 Å². The lowest BCUT2D eigenvalue weighted by molar-refractivity contribution is -0.134. The van der Waals surface area contributed by atoms with Gasteiger partial charge >= 0.3 is 0 Å². The number of carbonyl (C=O) groups is 1. The molecule has 2 aromatic carbocycles. The lowest BCUT2D eigenvalue weighted by Crippen LogP contribution is -2.54. The lowest BCUT2D eigenvalue weighted by atomic mass is 9.98. The van der Waals surface area contributed by atoms with E-state index in [0.29, 0.717) is 17.9 Å². The van der Waals surface area contributed by atoms with Gasteiger partial charge in [-0.1, -0.05) is 63.6 Å². The molecule has 1 fully saturated rings. The quantitative estimate of drug-likeness (QED) is 0.394. The summed E-state index contributed by atoms with van der Waals surface area (Å²) >= 11 is 6.01. The van der Waals surface area contributed by atoms with Crippen molar-refractivity contribution in [3.63, 3.8) is 0 Å². The molecule has 1 heterocycles. The van der Waals surface area contributed by atoms with Crippen LogP contribution in [0.2, 0.25) is 5.02 Å². The second-order valence-corrected chi connectivity index (χ2v) is 11.4. The molecule has 1 unspecified atom stereocenters. The van der Waals surface area contributed by atoms with E-state index in [2.05, 4.69) is 69.0 Å². The zero-order valence-electron chi connectivity index (χ0n) is 22.1. The van der Waals surface area contributed by atoms with Crippen LogP contribution in [0.1, 0.15) is 64.5 Å². The first-order valence-corrected chi connectivity index (χ1v) is 13.7. The third kappa shape index (κ3) is 8.54. The molecule has 2 aromatic rings. The van der Waals surface area contributed by atoms with E-state index in [-0.39, 0.29) is 5.91 Å². The SMILES string of the molecule is CC(C)CCN(c1ccc(CCc2ccc(Cl)cc2)cc1)[C@H]1CCCN(C(=O)C(N)CC(C)C)C1. The number of benzene rings is 2. The molecular weight excluding hydrogens is 454 g/mol. The van der Waals surface area contributed by atoms with Crippen molar-refractivity contribution in [2.24, 2.45) is 17.6 Å². The number of halogens is 1. The van der Waals surface area contributed by atoms with Gasteiger partial charge in [0, 0.05) is 36.4 Å². The second-order valence-electron chi connectivity index (χ2n) is 11.0. The highest BCUT2D eigenvalue weighted by Gasteiger charge is 2.30. The van der Waals surface area contributed by atoms with Gasteiger partial charge in [-0.15, -0.1) is 0 Å². The van der Waals surface area contributed by atoms with Crippen LogP contribution < -0.4 is 10.6 Å². The maximum Gasteiger partial charge on any atom is 0.239 e. The van der Waals surface area contributed by atoms with Gasteiger partial charge in [0.2, 0.25) is 5.91 Å². The molecule has 2 N–H and O–H groups in total. The maximum atomic E-state index is 13.0. The van der Waals surface area contributed by atoms with E-state index in [0.717, 1.165) is 63.2 Å². The monoisotopic (exact) mass is 497 g/mol. The van der Waals surface area contributed by atoms with Crippen LogP contribution in [-0.4, -0.2) is 42.5 Å². The summed E-state index contributed by atoms with van der Waals surface area (Å²) < 4.78 is 0. The number of aryl methyl sites for hydroxylation is 2. The van der Waals surface area contributed by atoms with E-state index in [9.17, 15) is 4.79 Å². The number of likely N-dealkylation sites (tertiary alicyclic amines) is 1. The first kappa shape index (κ1) is 27.5. The summed E-state index contributed by atoms with van der Waals surface area (Å²) in [5.41, 5.74) is 10.2. The van der Waals surface area contributed by atoms with Gasteiger partial charge in [0.25, 0.3) is 0 Å². The maximum absolute atomic E-state index is 13.0. The molecule has 4 nitrogen and oxygen atoms in total. The minimum atomic E-state index is -0.391. The molecule has 0 saturated carbocycles. The van der Waals surface area contributed by atoms with Crippen LogP contribution >= 0.6 is 11.6 Å². The van der Waals surface area contributed by atoms with E-state index >= 15 is 0 Å². The average molecular weight is 498 g/mol.